The van der Waals surface area contributed by atoms with E-state index in [9.17, 15) is 13.2 Å². The van der Waals surface area contributed by atoms with Gasteiger partial charge in [0.15, 0.2) is 0 Å². The maximum absolute atomic E-state index is 12.2. The maximum atomic E-state index is 12.2. The number of rotatable bonds is 8. The lowest BCUT2D eigenvalue weighted by Gasteiger charge is -2.25. The minimum Gasteiger partial charge on any atom is -0.330 e. The van der Waals surface area contributed by atoms with Gasteiger partial charge in [0, 0.05) is 0 Å². The van der Waals surface area contributed by atoms with Gasteiger partial charge in [0.25, 0.3) is 0 Å². The summed E-state index contributed by atoms with van der Waals surface area (Å²) < 4.78 is 36.7. The zero-order chi connectivity index (χ0) is 13.5. The summed E-state index contributed by atoms with van der Waals surface area (Å²) in [6, 6.07) is 0. The van der Waals surface area contributed by atoms with Gasteiger partial charge < -0.3 is 5.73 Å². The van der Waals surface area contributed by atoms with Crippen molar-refractivity contribution in [2.45, 2.75) is 39.8 Å². The normalized spacial score (nSPS) is 14.6. The Balaban J connectivity index is 4.03. The lowest BCUT2D eigenvalue weighted by Crippen LogP contribution is -2.36. The van der Waals surface area contributed by atoms with Crippen molar-refractivity contribution < 1.29 is 13.2 Å². The van der Waals surface area contributed by atoms with E-state index in [1.165, 1.54) is 4.90 Å². The van der Waals surface area contributed by atoms with E-state index in [4.69, 9.17) is 5.73 Å². The van der Waals surface area contributed by atoms with Gasteiger partial charge in [-0.2, -0.15) is 13.2 Å². The van der Waals surface area contributed by atoms with Gasteiger partial charge in [0.1, 0.15) is 0 Å². The van der Waals surface area contributed by atoms with Crippen molar-refractivity contribution in [3.8, 4) is 0 Å². The Hall–Kier alpha value is -0.290. The van der Waals surface area contributed by atoms with E-state index < -0.39 is 12.7 Å². The van der Waals surface area contributed by atoms with Crippen molar-refractivity contribution in [2.75, 3.05) is 26.2 Å². The van der Waals surface area contributed by atoms with Crippen LogP contribution in [-0.4, -0.2) is 37.3 Å². The van der Waals surface area contributed by atoms with Crippen molar-refractivity contribution >= 4 is 0 Å². The van der Waals surface area contributed by atoms with Gasteiger partial charge >= 0.3 is 6.18 Å². The summed E-state index contributed by atoms with van der Waals surface area (Å²) in [7, 11) is 0. The molecule has 0 spiro atoms. The van der Waals surface area contributed by atoms with Crippen molar-refractivity contribution in [1.82, 2.24) is 4.90 Å². The fraction of sp³-hybridized carbons (Fsp3) is 1.00. The van der Waals surface area contributed by atoms with Crippen LogP contribution in [-0.2, 0) is 0 Å². The van der Waals surface area contributed by atoms with E-state index in [0.29, 0.717) is 31.5 Å². The molecule has 1 atom stereocenters. The zero-order valence-corrected chi connectivity index (χ0v) is 11.1. The Bertz CT molecular complexity index is 193. The van der Waals surface area contributed by atoms with E-state index >= 15 is 0 Å². The van der Waals surface area contributed by atoms with Crippen LogP contribution in [0.25, 0.3) is 0 Å². The second-order valence-electron chi connectivity index (χ2n) is 5.00. The maximum Gasteiger partial charge on any atom is 0.401 e. The van der Waals surface area contributed by atoms with Crippen LogP contribution >= 0.6 is 0 Å². The predicted octanol–water partition coefficient (Wildman–Crippen LogP) is 2.88. The van der Waals surface area contributed by atoms with Gasteiger partial charge in [0.2, 0.25) is 0 Å². The molecule has 0 aliphatic carbocycles. The highest BCUT2D eigenvalue weighted by Gasteiger charge is 2.30. The van der Waals surface area contributed by atoms with E-state index in [-0.39, 0.29) is 0 Å². The molecule has 0 aromatic rings. The smallest absolute Gasteiger partial charge is 0.330 e. The summed E-state index contributed by atoms with van der Waals surface area (Å²) >= 11 is 0. The topological polar surface area (TPSA) is 29.3 Å². The molecule has 0 heterocycles. The zero-order valence-electron chi connectivity index (χ0n) is 11.1. The largest absolute Gasteiger partial charge is 0.401 e. The number of nitrogens with zero attached hydrogens (tertiary/aromatic N) is 1. The fourth-order valence-corrected chi connectivity index (χ4v) is 1.97. The summed E-state index contributed by atoms with van der Waals surface area (Å²) in [5.41, 5.74) is 5.64. The highest BCUT2D eigenvalue weighted by atomic mass is 19.4. The summed E-state index contributed by atoms with van der Waals surface area (Å²) in [6.07, 6.45) is -2.37. The molecular weight excluding hydrogens is 229 g/mol. The summed E-state index contributed by atoms with van der Waals surface area (Å²) in [5.74, 6) is 0.874. The van der Waals surface area contributed by atoms with Crippen LogP contribution < -0.4 is 5.73 Å². The van der Waals surface area contributed by atoms with E-state index in [1.54, 1.807) is 6.92 Å². The van der Waals surface area contributed by atoms with Crippen LogP contribution in [0.3, 0.4) is 0 Å². The summed E-state index contributed by atoms with van der Waals surface area (Å²) in [4.78, 5) is 1.43. The lowest BCUT2D eigenvalue weighted by molar-refractivity contribution is -0.145. The highest BCUT2D eigenvalue weighted by Crippen LogP contribution is 2.19. The summed E-state index contributed by atoms with van der Waals surface area (Å²) in [5, 5.41) is 0. The van der Waals surface area contributed by atoms with Crippen molar-refractivity contribution in [3.05, 3.63) is 0 Å². The van der Waals surface area contributed by atoms with Gasteiger partial charge in [-0.3, -0.25) is 4.90 Å². The van der Waals surface area contributed by atoms with E-state index in [0.717, 1.165) is 12.8 Å². The number of nitrogens with two attached hydrogens (primary N) is 1. The van der Waals surface area contributed by atoms with Crippen LogP contribution in [0.5, 0.6) is 0 Å². The Morgan fingerprint density at radius 1 is 1.24 bits per heavy atom. The van der Waals surface area contributed by atoms with Crippen LogP contribution in [0.2, 0.25) is 0 Å². The quantitative estimate of drug-likeness (QED) is 0.721. The minimum atomic E-state index is -4.10. The first-order valence-corrected chi connectivity index (χ1v) is 6.27. The third kappa shape index (κ3) is 9.41. The number of hydrogen-bond acceptors (Lipinski definition) is 2. The molecule has 0 aliphatic rings. The molecule has 0 aromatic heterocycles. The van der Waals surface area contributed by atoms with Gasteiger partial charge in [-0.15, -0.1) is 0 Å². The van der Waals surface area contributed by atoms with Crippen LogP contribution in [0, 0.1) is 11.8 Å². The molecule has 104 valence electrons. The molecule has 0 fully saturated rings. The van der Waals surface area contributed by atoms with Crippen LogP contribution in [0.15, 0.2) is 0 Å². The number of alkyl halides is 3. The molecule has 2 nitrogen and oxygen atoms in total. The van der Waals surface area contributed by atoms with E-state index in [2.05, 4.69) is 13.8 Å². The van der Waals surface area contributed by atoms with Gasteiger partial charge in [0.05, 0.1) is 6.54 Å². The standard InChI is InChI=1S/C12H25F3N2/c1-4-17(9-12(13,14)15)6-5-11(8-16)7-10(2)3/h10-11H,4-9,16H2,1-3H3. The molecule has 17 heavy (non-hydrogen) atoms. The molecule has 5 heteroatoms. The summed E-state index contributed by atoms with van der Waals surface area (Å²) in [6.45, 7) is 6.62. The molecule has 0 aliphatic heterocycles. The second-order valence-corrected chi connectivity index (χ2v) is 5.00. The lowest BCUT2D eigenvalue weighted by atomic mass is 9.94. The molecule has 0 amide bonds. The molecule has 0 aromatic carbocycles. The van der Waals surface area contributed by atoms with Gasteiger partial charge in [-0.1, -0.05) is 20.8 Å². The molecular formula is C12H25F3N2. The van der Waals surface area contributed by atoms with Crippen LogP contribution in [0.1, 0.15) is 33.6 Å². The Morgan fingerprint density at radius 2 is 1.82 bits per heavy atom. The van der Waals surface area contributed by atoms with Crippen molar-refractivity contribution in [2.24, 2.45) is 17.6 Å². The second kappa shape index (κ2) is 7.93. The molecule has 0 saturated carbocycles. The molecule has 1 unspecified atom stereocenters. The number of halogens is 3. The monoisotopic (exact) mass is 254 g/mol. The van der Waals surface area contributed by atoms with Gasteiger partial charge in [-0.05, 0) is 44.3 Å². The minimum absolute atomic E-state index is 0.331. The Morgan fingerprint density at radius 3 is 2.18 bits per heavy atom. The molecule has 2 N–H and O–H groups in total. The number of hydrogen-bond donors (Lipinski definition) is 1. The van der Waals surface area contributed by atoms with Crippen molar-refractivity contribution in [3.63, 3.8) is 0 Å². The first-order valence-electron chi connectivity index (χ1n) is 6.27. The van der Waals surface area contributed by atoms with E-state index in [1.807, 2.05) is 0 Å². The van der Waals surface area contributed by atoms with Gasteiger partial charge in [-0.25, -0.2) is 0 Å². The average Bonchev–Trinajstić information content (AvgIpc) is 2.19. The third-order valence-corrected chi connectivity index (χ3v) is 2.84. The average molecular weight is 254 g/mol. The van der Waals surface area contributed by atoms with Crippen molar-refractivity contribution in [1.29, 1.82) is 0 Å². The third-order valence-electron chi connectivity index (χ3n) is 2.84. The highest BCUT2D eigenvalue weighted by molar-refractivity contribution is 4.67. The first kappa shape index (κ1) is 16.7. The molecule has 0 saturated heterocycles. The Labute approximate surface area is 102 Å². The predicted molar refractivity (Wildman–Crippen MR) is 64.8 cm³/mol. The first-order chi connectivity index (χ1) is 7.78. The molecule has 0 bridgehead atoms. The van der Waals surface area contributed by atoms with Crippen LogP contribution in [0.4, 0.5) is 13.2 Å². The molecule has 0 radical (unpaired) electrons. The fourth-order valence-electron chi connectivity index (χ4n) is 1.97. The molecule has 0 rings (SSSR count). The SMILES string of the molecule is CCN(CCC(CN)CC(C)C)CC(F)(F)F. The Kier molecular flexibility index (Phi) is 7.79.